The molecule has 64 valence electrons. The minimum absolute atomic E-state index is 0.295. The zero-order chi connectivity index (χ0) is 8.77. The first-order chi connectivity index (χ1) is 5.62. The van der Waals surface area contributed by atoms with Crippen LogP contribution in [0, 0.1) is 0 Å². The predicted molar refractivity (Wildman–Crippen MR) is 47.2 cm³/mol. The molecule has 1 aliphatic rings. The van der Waals surface area contributed by atoms with E-state index in [2.05, 4.69) is 10.2 Å². The van der Waals surface area contributed by atoms with Crippen molar-refractivity contribution >= 4 is 23.2 Å². The Kier molecular flexibility index (Phi) is 1.75. The number of aromatic nitrogens is 2. The van der Waals surface area contributed by atoms with Crippen LogP contribution in [0.25, 0.3) is 0 Å². The predicted octanol–water partition coefficient (Wildman–Crippen LogP) is 1.73. The number of hydrogen-bond donors (Lipinski definition) is 1. The van der Waals surface area contributed by atoms with Gasteiger partial charge < -0.3 is 5.73 Å². The van der Waals surface area contributed by atoms with Crippen LogP contribution in [0.2, 0.25) is 10.3 Å². The molecule has 0 saturated heterocycles. The second-order valence-corrected chi connectivity index (χ2v) is 3.77. The van der Waals surface area contributed by atoms with Crippen LogP contribution in [0.4, 0.5) is 0 Å². The highest BCUT2D eigenvalue weighted by molar-refractivity contribution is 6.31. The quantitative estimate of drug-likeness (QED) is 0.757. The van der Waals surface area contributed by atoms with Gasteiger partial charge in [-0.1, -0.05) is 23.2 Å². The maximum Gasteiger partial charge on any atom is 0.156 e. The molecule has 0 aromatic carbocycles. The Labute approximate surface area is 79.9 Å². The first-order valence-electron chi connectivity index (χ1n) is 3.60. The van der Waals surface area contributed by atoms with Crippen LogP contribution in [-0.2, 0) is 5.54 Å². The molecule has 0 unspecified atom stereocenters. The molecule has 1 fully saturated rings. The van der Waals surface area contributed by atoms with Crippen molar-refractivity contribution in [2.45, 2.75) is 18.4 Å². The van der Waals surface area contributed by atoms with Gasteiger partial charge in [0.1, 0.15) is 0 Å². The van der Waals surface area contributed by atoms with Crippen LogP contribution in [0.15, 0.2) is 6.07 Å². The SMILES string of the molecule is NC1(c2cc(Cl)nnc2Cl)CC1. The maximum absolute atomic E-state index is 5.93. The second kappa shape index (κ2) is 2.55. The van der Waals surface area contributed by atoms with E-state index >= 15 is 0 Å². The summed E-state index contributed by atoms with van der Waals surface area (Å²) in [6.45, 7) is 0. The van der Waals surface area contributed by atoms with Gasteiger partial charge in [-0.05, 0) is 18.9 Å². The van der Waals surface area contributed by atoms with Gasteiger partial charge in [-0.25, -0.2) is 0 Å². The Balaban J connectivity index is 2.48. The van der Waals surface area contributed by atoms with Gasteiger partial charge in [0, 0.05) is 11.1 Å². The molecule has 3 nitrogen and oxygen atoms in total. The molecule has 0 aliphatic heterocycles. The second-order valence-electron chi connectivity index (χ2n) is 3.03. The normalized spacial score (nSPS) is 19.2. The van der Waals surface area contributed by atoms with Crippen molar-refractivity contribution in [1.29, 1.82) is 0 Å². The molecule has 2 N–H and O–H groups in total. The van der Waals surface area contributed by atoms with Crippen molar-refractivity contribution in [3.63, 3.8) is 0 Å². The lowest BCUT2D eigenvalue weighted by molar-refractivity contribution is 0.728. The number of hydrogen-bond acceptors (Lipinski definition) is 3. The fraction of sp³-hybridized carbons (Fsp3) is 0.429. The van der Waals surface area contributed by atoms with Gasteiger partial charge in [0.15, 0.2) is 10.3 Å². The van der Waals surface area contributed by atoms with E-state index in [9.17, 15) is 0 Å². The average molecular weight is 204 g/mol. The molecule has 1 aliphatic carbocycles. The van der Waals surface area contributed by atoms with Crippen LogP contribution in [0.3, 0.4) is 0 Å². The first kappa shape index (κ1) is 8.23. The summed E-state index contributed by atoms with van der Waals surface area (Å²) in [4.78, 5) is 0. The van der Waals surface area contributed by atoms with E-state index in [1.807, 2.05) is 0 Å². The number of nitrogens with zero attached hydrogens (tertiary/aromatic N) is 2. The third kappa shape index (κ3) is 1.28. The standard InChI is InChI=1S/C7H7Cl2N3/c8-5-3-4(6(9)12-11-5)7(10)1-2-7/h3H,1-2,10H2. The molecular weight excluding hydrogens is 197 g/mol. The van der Waals surface area contributed by atoms with Crippen molar-refractivity contribution in [3.05, 3.63) is 21.9 Å². The largest absolute Gasteiger partial charge is 0.321 e. The smallest absolute Gasteiger partial charge is 0.156 e. The molecule has 0 spiro atoms. The van der Waals surface area contributed by atoms with Gasteiger partial charge in [0.2, 0.25) is 0 Å². The number of rotatable bonds is 1. The van der Waals surface area contributed by atoms with Crippen molar-refractivity contribution < 1.29 is 0 Å². The summed E-state index contributed by atoms with van der Waals surface area (Å²) >= 11 is 11.5. The molecule has 12 heavy (non-hydrogen) atoms. The van der Waals surface area contributed by atoms with E-state index in [1.165, 1.54) is 0 Å². The summed E-state index contributed by atoms with van der Waals surface area (Å²) < 4.78 is 0. The van der Waals surface area contributed by atoms with Crippen LogP contribution in [0.5, 0.6) is 0 Å². The topological polar surface area (TPSA) is 51.8 Å². The highest BCUT2D eigenvalue weighted by Gasteiger charge is 2.42. The molecule has 1 aromatic heterocycles. The Morgan fingerprint density at radius 2 is 2.00 bits per heavy atom. The molecule has 0 atom stereocenters. The lowest BCUT2D eigenvalue weighted by Crippen LogP contribution is -2.19. The summed E-state index contributed by atoms with van der Waals surface area (Å²) in [6.07, 6.45) is 1.88. The molecule has 0 bridgehead atoms. The zero-order valence-electron chi connectivity index (χ0n) is 6.22. The highest BCUT2D eigenvalue weighted by Crippen LogP contribution is 2.45. The fourth-order valence-corrected chi connectivity index (χ4v) is 1.53. The van der Waals surface area contributed by atoms with Crippen molar-refractivity contribution in [2.24, 2.45) is 5.73 Å². The van der Waals surface area contributed by atoms with Crippen molar-refractivity contribution in [1.82, 2.24) is 10.2 Å². The number of nitrogens with two attached hydrogens (primary N) is 1. The van der Waals surface area contributed by atoms with Gasteiger partial charge >= 0.3 is 0 Å². The summed E-state index contributed by atoms with van der Waals surface area (Å²) in [6, 6.07) is 1.68. The lowest BCUT2D eigenvalue weighted by atomic mass is 10.1. The zero-order valence-corrected chi connectivity index (χ0v) is 7.73. The molecule has 2 rings (SSSR count). The molecule has 0 radical (unpaired) electrons. The van der Waals surface area contributed by atoms with E-state index < -0.39 is 0 Å². The Hall–Kier alpha value is -0.380. The van der Waals surface area contributed by atoms with E-state index in [4.69, 9.17) is 28.9 Å². The van der Waals surface area contributed by atoms with E-state index in [0.717, 1.165) is 18.4 Å². The third-order valence-corrected chi connectivity index (χ3v) is 2.51. The van der Waals surface area contributed by atoms with Gasteiger partial charge in [0.25, 0.3) is 0 Å². The average Bonchev–Trinajstić information content (AvgIpc) is 2.75. The highest BCUT2D eigenvalue weighted by atomic mass is 35.5. The van der Waals surface area contributed by atoms with Crippen molar-refractivity contribution in [2.75, 3.05) is 0 Å². The van der Waals surface area contributed by atoms with Crippen LogP contribution in [-0.4, -0.2) is 10.2 Å². The molecule has 0 amide bonds. The molecule has 1 aromatic rings. The summed E-state index contributed by atoms with van der Waals surface area (Å²) in [7, 11) is 0. The van der Waals surface area contributed by atoms with Crippen LogP contribution < -0.4 is 5.73 Å². The minimum atomic E-state index is -0.295. The minimum Gasteiger partial charge on any atom is -0.321 e. The van der Waals surface area contributed by atoms with Gasteiger partial charge in [0.05, 0.1) is 0 Å². The molecule has 5 heteroatoms. The van der Waals surface area contributed by atoms with Crippen LogP contribution >= 0.6 is 23.2 Å². The fourth-order valence-electron chi connectivity index (χ4n) is 1.11. The monoisotopic (exact) mass is 203 g/mol. The Bertz CT molecular complexity index is 322. The lowest BCUT2D eigenvalue weighted by Gasteiger charge is -2.09. The van der Waals surface area contributed by atoms with Gasteiger partial charge in [-0.3, -0.25) is 0 Å². The molecular formula is C7H7Cl2N3. The van der Waals surface area contributed by atoms with Gasteiger partial charge in [-0.2, -0.15) is 0 Å². The van der Waals surface area contributed by atoms with Crippen LogP contribution in [0.1, 0.15) is 18.4 Å². The van der Waals surface area contributed by atoms with E-state index in [0.29, 0.717) is 10.3 Å². The summed E-state index contributed by atoms with van der Waals surface area (Å²) in [5.74, 6) is 0. The summed E-state index contributed by atoms with van der Waals surface area (Å²) in [5.41, 5.74) is 6.44. The van der Waals surface area contributed by atoms with Crippen molar-refractivity contribution in [3.8, 4) is 0 Å². The third-order valence-electron chi connectivity index (χ3n) is 2.04. The molecule has 1 heterocycles. The van der Waals surface area contributed by atoms with Gasteiger partial charge in [-0.15, -0.1) is 10.2 Å². The van der Waals surface area contributed by atoms with E-state index in [1.54, 1.807) is 6.07 Å². The van der Waals surface area contributed by atoms with E-state index in [-0.39, 0.29) is 5.54 Å². The summed E-state index contributed by atoms with van der Waals surface area (Å²) in [5, 5.41) is 8.00. The number of halogens is 2. The Morgan fingerprint density at radius 3 is 2.58 bits per heavy atom. The molecule has 1 saturated carbocycles. The maximum atomic E-state index is 5.93. The first-order valence-corrected chi connectivity index (χ1v) is 4.35. The Morgan fingerprint density at radius 1 is 1.33 bits per heavy atom.